The first-order valence-corrected chi connectivity index (χ1v) is 5.90. The lowest BCUT2D eigenvalue weighted by Gasteiger charge is -1.98. The van der Waals surface area contributed by atoms with Crippen LogP contribution in [-0.4, -0.2) is 20.2 Å². The Morgan fingerprint density at radius 1 is 1.35 bits per heavy atom. The molecule has 0 radical (unpaired) electrons. The molecular weight excluding hydrogens is 282 g/mol. The third kappa shape index (κ3) is 1.61. The van der Waals surface area contributed by atoms with Crippen molar-refractivity contribution in [3.8, 4) is 11.3 Å². The zero-order valence-electron chi connectivity index (χ0n) is 9.08. The van der Waals surface area contributed by atoms with E-state index in [1.54, 1.807) is 0 Å². The molecule has 3 aromatic rings. The van der Waals surface area contributed by atoms with Crippen molar-refractivity contribution in [1.29, 1.82) is 0 Å². The molecule has 2 heterocycles. The van der Waals surface area contributed by atoms with Gasteiger partial charge in [-0.1, -0.05) is 6.07 Å². The highest BCUT2D eigenvalue weighted by Gasteiger charge is 2.10. The molecule has 0 aliphatic carbocycles. The van der Waals surface area contributed by atoms with E-state index >= 15 is 0 Å². The van der Waals surface area contributed by atoms with Crippen LogP contribution in [0.2, 0.25) is 0 Å². The maximum Gasteiger partial charge on any atom is 0.160 e. The van der Waals surface area contributed by atoms with Gasteiger partial charge in [0.05, 0.1) is 21.2 Å². The zero-order chi connectivity index (χ0) is 12.0. The summed E-state index contributed by atoms with van der Waals surface area (Å²) in [5, 5.41) is 6.86. The lowest BCUT2D eigenvalue weighted by Crippen LogP contribution is -1.83. The summed E-state index contributed by atoms with van der Waals surface area (Å²) >= 11 is 3.41. The second-order valence-electron chi connectivity index (χ2n) is 3.85. The maximum atomic E-state index is 5.69. The van der Waals surface area contributed by atoms with Crippen LogP contribution >= 0.6 is 15.9 Å². The van der Waals surface area contributed by atoms with Gasteiger partial charge in [0.25, 0.3) is 0 Å². The monoisotopic (exact) mass is 291 g/mol. The van der Waals surface area contributed by atoms with Gasteiger partial charge in [-0.05, 0) is 35.0 Å². The summed E-state index contributed by atoms with van der Waals surface area (Å²) in [5.74, 6) is 1.36. The number of hydrogen-bond donors (Lipinski definition) is 3. The highest BCUT2D eigenvalue weighted by atomic mass is 79.9. The van der Waals surface area contributed by atoms with E-state index in [0.29, 0.717) is 5.82 Å². The molecule has 17 heavy (non-hydrogen) atoms. The SMILES string of the molecule is Cc1nc2ccc(-c3[nH]nc(N)c3Br)cc2[nH]1. The molecule has 86 valence electrons. The topological polar surface area (TPSA) is 83.4 Å². The van der Waals surface area contributed by atoms with Gasteiger partial charge in [-0.15, -0.1) is 0 Å². The van der Waals surface area contributed by atoms with E-state index in [4.69, 9.17) is 5.73 Å². The molecule has 0 aliphatic heterocycles. The maximum absolute atomic E-state index is 5.69. The van der Waals surface area contributed by atoms with Crippen LogP contribution in [0.4, 0.5) is 5.82 Å². The number of nitrogen functional groups attached to an aromatic ring is 1. The normalized spacial score (nSPS) is 11.2. The quantitative estimate of drug-likeness (QED) is 0.644. The standard InChI is InChI=1S/C11H10BrN5/c1-5-14-7-3-2-6(4-8(7)15-5)10-9(12)11(13)17-16-10/h2-4H,1H3,(H,14,15)(H3,13,16,17). The van der Waals surface area contributed by atoms with Crippen molar-refractivity contribution in [1.82, 2.24) is 20.2 Å². The number of H-pyrrole nitrogens is 2. The summed E-state index contributed by atoms with van der Waals surface area (Å²) in [6.07, 6.45) is 0. The smallest absolute Gasteiger partial charge is 0.160 e. The zero-order valence-corrected chi connectivity index (χ0v) is 10.7. The summed E-state index contributed by atoms with van der Waals surface area (Å²) < 4.78 is 0.785. The van der Waals surface area contributed by atoms with Gasteiger partial charge in [0.2, 0.25) is 0 Å². The number of fused-ring (bicyclic) bond motifs is 1. The van der Waals surface area contributed by atoms with E-state index in [1.165, 1.54) is 0 Å². The van der Waals surface area contributed by atoms with Crippen molar-refractivity contribution in [2.24, 2.45) is 0 Å². The first-order chi connectivity index (χ1) is 8.15. The molecule has 1 aromatic carbocycles. The van der Waals surface area contributed by atoms with Crippen molar-refractivity contribution in [2.75, 3.05) is 5.73 Å². The number of halogens is 1. The van der Waals surface area contributed by atoms with Crippen molar-refractivity contribution in [3.05, 3.63) is 28.5 Å². The fraction of sp³-hybridized carbons (Fsp3) is 0.0909. The van der Waals surface area contributed by atoms with Gasteiger partial charge in [-0.2, -0.15) is 5.10 Å². The second-order valence-corrected chi connectivity index (χ2v) is 4.64. The van der Waals surface area contributed by atoms with Crippen LogP contribution in [0.25, 0.3) is 22.3 Å². The molecule has 0 fully saturated rings. The molecule has 0 spiro atoms. The van der Waals surface area contributed by atoms with Crippen molar-refractivity contribution in [2.45, 2.75) is 6.92 Å². The van der Waals surface area contributed by atoms with Gasteiger partial charge >= 0.3 is 0 Å². The van der Waals surface area contributed by atoms with Crippen LogP contribution in [0.15, 0.2) is 22.7 Å². The molecule has 6 heteroatoms. The number of aromatic nitrogens is 4. The van der Waals surface area contributed by atoms with Crippen LogP contribution in [0.3, 0.4) is 0 Å². The summed E-state index contributed by atoms with van der Waals surface area (Å²) in [4.78, 5) is 7.56. The van der Waals surface area contributed by atoms with Crippen molar-refractivity contribution < 1.29 is 0 Å². The van der Waals surface area contributed by atoms with Gasteiger partial charge in [-0.25, -0.2) is 4.98 Å². The molecule has 0 amide bonds. The Hall–Kier alpha value is -1.82. The van der Waals surface area contributed by atoms with Gasteiger partial charge in [0.15, 0.2) is 5.82 Å². The summed E-state index contributed by atoms with van der Waals surface area (Å²) in [5.41, 5.74) is 9.52. The minimum Gasteiger partial charge on any atom is -0.381 e. The number of nitrogens with one attached hydrogen (secondary N) is 2. The van der Waals surface area contributed by atoms with Crippen LogP contribution < -0.4 is 5.73 Å². The van der Waals surface area contributed by atoms with Crippen molar-refractivity contribution >= 4 is 32.8 Å². The largest absolute Gasteiger partial charge is 0.381 e. The third-order valence-electron chi connectivity index (χ3n) is 2.62. The Kier molecular flexibility index (Phi) is 2.19. The molecule has 0 atom stereocenters. The van der Waals surface area contributed by atoms with Gasteiger partial charge < -0.3 is 10.7 Å². The van der Waals surface area contributed by atoms with E-state index in [9.17, 15) is 0 Å². The Balaban J connectivity index is 2.20. The number of aromatic amines is 2. The number of benzene rings is 1. The molecule has 0 saturated carbocycles. The number of rotatable bonds is 1. The number of imidazole rings is 1. The van der Waals surface area contributed by atoms with Gasteiger partial charge in [0.1, 0.15) is 5.82 Å². The van der Waals surface area contributed by atoms with E-state index < -0.39 is 0 Å². The number of nitrogens with zero attached hydrogens (tertiary/aromatic N) is 2. The summed E-state index contributed by atoms with van der Waals surface area (Å²) in [6.45, 7) is 1.93. The van der Waals surface area contributed by atoms with Crippen LogP contribution in [0, 0.1) is 6.92 Å². The lowest BCUT2D eigenvalue weighted by atomic mass is 10.1. The summed E-state index contributed by atoms with van der Waals surface area (Å²) in [6, 6.07) is 5.98. The number of hydrogen-bond acceptors (Lipinski definition) is 3. The first kappa shape index (κ1) is 10.3. The molecule has 0 unspecified atom stereocenters. The molecule has 5 nitrogen and oxygen atoms in total. The summed E-state index contributed by atoms with van der Waals surface area (Å²) in [7, 11) is 0. The predicted molar refractivity (Wildman–Crippen MR) is 70.5 cm³/mol. The average Bonchev–Trinajstić information content (AvgIpc) is 2.81. The molecule has 0 aliphatic rings. The molecule has 2 aromatic heterocycles. The number of aryl methyl sites for hydroxylation is 1. The molecule has 4 N–H and O–H groups in total. The third-order valence-corrected chi connectivity index (χ3v) is 3.42. The lowest BCUT2D eigenvalue weighted by molar-refractivity contribution is 1.10. The molecule has 0 saturated heterocycles. The van der Waals surface area contributed by atoms with Crippen LogP contribution in [-0.2, 0) is 0 Å². The fourth-order valence-electron chi connectivity index (χ4n) is 1.83. The van der Waals surface area contributed by atoms with Crippen LogP contribution in [0.1, 0.15) is 5.82 Å². The highest BCUT2D eigenvalue weighted by Crippen LogP contribution is 2.31. The fourth-order valence-corrected chi connectivity index (χ4v) is 2.23. The molecular formula is C11H10BrN5. The van der Waals surface area contributed by atoms with E-state index in [0.717, 1.165) is 32.6 Å². The Labute approximate surface area is 106 Å². The van der Waals surface area contributed by atoms with Crippen molar-refractivity contribution in [3.63, 3.8) is 0 Å². The number of nitrogens with two attached hydrogens (primary N) is 1. The average molecular weight is 292 g/mol. The second kappa shape index (κ2) is 3.59. The van der Waals surface area contributed by atoms with Gasteiger partial charge in [-0.3, -0.25) is 5.10 Å². The van der Waals surface area contributed by atoms with E-state index in [1.807, 2.05) is 25.1 Å². The minimum atomic E-state index is 0.459. The highest BCUT2D eigenvalue weighted by molar-refractivity contribution is 9.10. The Bertz CT molecular complexity index is 697. The first-order valence-electron chi connectivity index (χ1n) is 5.11. The molecule has 0 bridgehead atoms. The van der Waals surface area contributed by atoms with Gasteiger partial charge in [0, 0.05) is 5.56 Å². The van der Waals surface area contributed by atoms with Crippen LogP contribution in [0.5, 0.6) is 0 Å². The Morgan fingerprint density at radius 2 is 2.18 bits per heavy atom. The number of anilines is 1. The Morgan fingerprint density at radius 3 is 2.88 bits per heavy atom. The van der Waals surface area contributed by atoms with E-state index in [-0.39, 0.29) is 0 Å². The predicted octanol–water partition coefficient (Wildman–Crippen LogP) is 2.61. The van der Waals surface area contributed by atoms with E-state index in [2.05, 4.69) is 36.1 Å². The molecule has 3 rings (SSSR count). The minimum absolute atomic E-state index is 0.459.